The standard InChI is InChI=1S/C36H24ClN3S/c1-36(2)29-17-7-6-12-24(29)25-19-18-22(20-30(25)36)33-38-34(40-35(37)39-33)28-16-9-15-27-26-14-8-13-23(31(26)41-32(27)28)21-10-4-3-5-11-21/h3-20H,1-2H3. The van der Waals surface area contributed by atoms with Gasteiger partial charge in [-0.1, -0.05) is 111 Å². The van der Waals surface area contributed by atoms with Gasteiger partial charge in [-0.15, -0.1) is 11.3 Å². The highest BCUT2D eigenvalue weighted by Crippen LogP contribution is 2.49. The third-order valence-electron chi connectivity index (χ3n) is 8.30. The second kappa shape index (κ2) is 9.07. The molecule has 0 unspecified atom stereocenters. The molecule has 0 fully saturated rings. The number of aromatic nitrogens is 3. The molecule has 3 nitrogen and oxygen atoms in total. The monoisotopic (exact) mass is 565 g/mol. The maximum Gasteiger partial charge on any atom is 0.226 e. The van der Waals surface area contributed by atoms with E-state index in [4.69, 9.17) is 16.6 Å². The van der Waals surface area contributed by atoms with Crippen molar-refractivity contribution >= 4 is 43.1 Å². The molecule has 0 atom stereocenters. The molecule has 2 heterocycles. The first-order chi connectivity index (χ1) is 20.0. The van der Waals surface area contributed by atoms with Crippen LogP contribution in [0.3, 0.4) is 0 Å². The highest BCUT2D eigenvalue weighted by molar-refractivity contribution is 7.26. The van der Waals surface area contributed by atoms with Gasteiger partial charge in [0.2, 0.25) is 5.28 Å². The van der Waals surface area contributed by atoms with Crippen molar-refractivity contribution in [3.8, 4) is 45.0 Å². The Morgan fingerprint density at radius 2 is 1.17 bits per heavy atom. The van der Waals surface area contributed by atoms with Gasteiger partial charge < -0.3 is 0 Å². The summed E-state index contributed by atoms with van der Waals surface area (Å²) in [4.78, 5) is 14.2. The van der Waals surface area contributed by atoms with E-state index in [-0.39, 0.29) is 10.7 Å². The summed E-state index contributed by atoms with van der Waals surface area (Å²) in [5, 5.41) is 2.61. The molecule has 8 rings (SSSR count). The SMILES string of the molecule is CC1(C)c2ccccc2-c2ccc(-c3nc(Cl)nc(-c4cccc5c4sc4c(-c6ccccc6)cccc45)n3)cc21. The Hall–Kier alpha value is -4.38. The number of rotatable bonds is 3. The van der Waals surface area contributed by atoms with Crippen LogP contribution in [-0.2, 0) is 5.41 Å². The molecule has 1 aliphatic rings. The quantitative estimate of drug-likeness (QED) is 0.214. The molecule has 5 heteroatoms. The van der Waals surface area contributed by atoms with Crippen molar-refractivity contribution in [2.45, 2.75) is 19.3 Å². The molecule has 1 aliphatic carbocycles. The Morgan fingerprint density at radius 1 is 0.537 bits per heavy atom. The molecule has 0 saturated heterocycles. The van der Waals surface area contributed by atoms with Crippen LogP contribution in [-0.4, -0.2) is 15.0 Å². The van der Waals surface area contributed by atoms with Gasteiger partial charge in [0.05, 0.1) is 0 Å². The average Bonchev–Trinajstić information content (AvgIpc) is 3.50. The smallest absolute Gasteiger partial charge is 0.208 e. The van der Waals surface area contributed by atoms with Gasteiger partial charge in [0.25, 0.3) is 0 Å². The third kappa shape index (κ3) is 3.75. The van der Waals surface area contributed by atoms with Gasteiger partial charge in [-0.2, -0.15) is 9.97 Å². The summed E-state index contributed by atoms with van der Waals surface area (Å²) in [6, 6.07) is 38.5. The lowest BCUT2D eigenvalue weighted by Gasteiger charge is -2.21. The zero-order valence-electron chi connectivity index (χ0n) is 22.5. The molecule has 0 N–H and O–H groups in total. The lowest BCUT2D eigenvalue weighted by atomic mass is 9.82. The Balaban J connectivity index is 1.29. The summed E-state index contributed by atoms with van der Waals surface area (Å²) in [7, 11) is 0. The van der Waals surface area contributed by atoms with Crippen LogP contribution in [0.1, 0.15) is 25.0 Å². The first kappa shape index (κ1) is 24.4. The number of thiophene rings is 1. The number of hydrogen-bond donors (Lipinski definition) is 0. The van der Waals surface area contributed by atoms with Crippen LogP contribution in [0.25, 0.3) is 65.2 Å². The maximum atomic E-state index is 6.57. The molecule has 5 aromatic carbocycles. The highest BCUT2D eigenvalue weighted by atomic mass is 35.5. The van der Waals surface area contributed by atoms with Crippen LogP contribution in [0.4, 0.5) is 0 Å². The second-order valence-electron chi connectivity index (χ2n) is 11.0. The zero-order chi connectivity index (χ0) is 27.7. The molecule has 0 radical (unpaired) electrons. The van der Waals surface area contributed by atoms with E-state index in [9.17, 15) is 0 Å². The van der Waals surface area contributed by atoms with E-state index in [0.29, 0.717) is 11.6 Å². The summed E-state index contributed by atoms with van der Waals surface area (Å²) >= 11 is 8.35. The first-order valence-corrected chi connectivity index (χ1v) is 14.8. The summed E-state index contributed by atoms with van der Waals surface area (Å²) in [6.45, 7) is 4.55. The number of benzene rings is 5. The molecule has 0 bridgehead atoms. The molecule has 196 valence electrons. The molecular weight excluding hydrogens is 542 g/mol. The molecule has 0 amide bonds. The van der Waals surface area contributed by atoms with Gasteiger partial charge in [-0.3, -0.25) is 0 Å². The third-order valence-corrected chi connectivity index (χ3v) is 9.76. The van der Waals surface area contributed by atoms with Crippen LogP contribution in [0.15, 0.2) is 109 Å². The van der Waals surface area contributed by atoms with Crippen molar-refractivity contribution < 1.29 is 0 Å². The van der Waals surface area contributed by atoms with Gasteiger partial charge in [0.15, 0.2) is 11.6 Å². The van der Waals surface area contributed by atoms with Crippen LogP contribution in [0.5, 0.6) is 0 Å². The lowest BCUT2D eigenvalue weighted by Crippen LogP contribution is -2.15. The van der Waals surface area contributed by atoms with Crippen LogP contribution >= 0.6 is 22.9 Å². The predicted octanol–water partition coefficient (Wildman–Crippen LogP) is 10.2. The molecular formula is C36H24ClN3S. The number of hydrogen-bond acceptors (Lipinski definition) is 4. The molecule has 7 aromatic rings. The summed E-state index contributed by atoms with van der Waals surface area (Å²) in [6.07, 6.45) is 0. The van der Waals surface area contributed by atoms with Gasteiger partial charge in [0, 0.05) is 36.7 Å². The average molecular weight is 566 g/mol. The maximum absolute atomic E-state index is 6.57. The molecule has 0 spiro atoms. The molecule has 0 aliphatic heterocycles. The van der Waals surface area contributed by atoms with Crippen molar-refractivity contribution in [3.63, 3.8) is 0 Å². The normalized spacial score (nSPS) is 13.4. The number of fused-ring (bicyclic) bond motifs is 6. The van der Waals surface area contributed by atoms with Gasteiger partial charge in [-0.05, 0) is 57.1 Å². The van der Waals surface area contributed by atoms with Crippen molar-refractivity contribution in [1.29, 1.82) is 0 Å². The van der Waals surface area contributed by atoms with Crippen molar-refractivity contribution in [2.24, 2.45) is 0 Å². The number of halogens is 1. The zero-order valence-corrected chi connectivity index (χ0v) is 24.1. The van der Waals surface area contributed by atoms with Gasteiger partial charge in [0.1, 0.15) is 0 Å². The summed E-state index contributed by atoms with van der Waals surface area (Å²) in [5.41, 5.74) is 9.39. The van der Waals surface area contributed by atoms with Crippen molar-refractivity contribution in [1.82, 2.24) is 15.0 Å². The molecule has 0 saturated carbocycles. The highest BCUT2D eigenvalue weighted by Gasteiger charge is 2.35. The largest absolute Gasteiger partial charge is 0.226 e. The Morgan fingerprint density at radius 3 is 1.98 bits per heavy atom. The Labute approximate surface area is 247 Å². The minimum Gasteiger partial charge on any atom is -0.208 e. The number of nitrogens with zero attached hydrogens (tertiary/aromatic N) is 3. The van der Waals surface area contributed by atoms with E-state index in [0.717, 1.165) is 15.8 Å². The fourth-order valence-electron chi connectivity index (χ4n) is 6.28. The topological polar surface area (TPSA) is 38.7 Å². The van der Waals surface area contributed by atoms with Crippen LogP contribution < -0.4 is 0 Å². The Kier molecular flexibility index (Phi) is 5.40. The predicted molar refractivity (Wildman–Crippen MR) is 172 cm³/mol. The van der Waals surface area contributed by atoms with E-state index in [2.05, 4.69) is 133 Å². The van der Waals surface area contributed by atoms with Crippen molar-refractivity contribution in [2.75, 3.05) is 0 Å². The fourth-order valence-corrected chi connectivity index (χ4v) is 7.79. The second-order valence-corrected chi connectivity index (χ2v) is 12.4. The Bertz CT molecular complexity index is 2150. The molecule has 2 aromatic heterocycles. The minimum atomic E-state index is -0.110. The van der Waals surface area contributed by atoms with Gasteiger partial charge >= 0.3 is 0 Å². The first-order valence-electron chi connectivity index (χ1n) is 13.7. The van der Waals surface area contributed by atoms with Crippen LogP contribution in [0, 0.1) is 0 Å². The summed E-state index contributed by atoms with van der Waals surface area (Å²) < 4.78 is 2.39. The van der Waals surface area contributed by atoms with E-state index >= 15 is 0 Å². The van der Waals surface area contributed by atoms with Crippen LogP contribution in [0.2, 0.25) is 5.28 Å². The van der Waals surface area contributed by atoms with E-state index in [1.807, 2.05) is 0 Å². The molecule has 41 heavy (non-hydrogen) atoms. The van der Waals surface area contributed by atoms with E-state index < -0.39 is 0 Å². The summed E-state index contributed by atoms with van der Waals surface area (Å²) in [5.74, 6) is 1.17. The lowest BCUT2D eigenvalue weighted by molar-refractivity contribution is 0.660. The fraction of sp³-hybridized carbons (Fsp3) is 0.0833. The van der Waals surface area contributed by atoms with E-state index in [1.165, 1.54) is 48.9 Å². The van der Waals surface area contributed by atoms with Gasteiger partial charge in [-0.25, -0.2) is 4.98 Å². The van der Waals surface area contributed by atoms with Crippen molar-refractivity contribution in [3.05, 3.63) is 126 Å². The van der Waals surface area contributed by atoms with E-state index in [1.54, 1.807) is 11.3 Å². The minimum absolute atomic E-state index is 0.110.